The third-order valence-corrected chi connectivity index (χ3v) is 2.60. The summed E-state index contributed by atoms with van der Waals surface area (Å²) in [7, 11) is 0. The SMILES string of the molecule is O=[N+]([O-])c1ccc([O-])c(C=Nc2cccc(Cl)c2)c1. The summed E-state index contributed by atoms with van der Waals surface area (Å²) in [5.41, 5.74) is 0.583. The minimum atomic E-state index is -0.559. The molecule has 0 bridgehead atoms. The van der Waals surface area contributed by atoms with Gasteiger partial charge in [0, 0.05) is 23.4 Å². The maximum atomic E-state index is 11.5. The molecule has 96 valence electrons. The summed E-state index contributed by atoms with van der Waals surface area (Å²) in [6.07, 6.45) is 1.29. The first-order valence-corrected chi connectivity index (χ1v) is 5.69. The number of nitro benzene ring substituents is 1. The topological polar surface area (TPSA) is 78.6 Å². The maximum absolute atomic E-state index is 11.5. The molecule has 0 fully saturated rings. The monoisotopic (exact) mass is 275 g/mol. The molecule has 0 aliphatic heterocycles. The van der Waals surface area contributed by atoms with E-state index >= 15 is 0 Å². The summed E-state index contributed by atoms with van der Waals surface area (Å²) >= 11 is 5.80. The quantitative estimate of drug-likeness (QED) is 0.490. The predicted molar refractivity (Wildman–Crippen MR) is 71.2 cm³/mol. The average Bonchev–Trinajstić information content (AvgIpc) is 2.37. The van der Waals surface area contributed by atoms with Gasteiger partial charge in [-0.2, -0.15) is 0 Å². The first-order valence-electron chi connectivity index (χ1n) is 5.31. The van der Waals surface area contributed by atoms with Crippen LogP contribution in [0, 0.1) is 10.1 Å². The molecule has 0 aliphatic rings. The molecule has 0 aliphatic carbocycles. The Morgan fingerprint density at radius 1 is 1.21 bits per heavy atom. The first kappa shape index (κ1) is 13.0. The Hall–Kier alpha value is -2.40. The highest BCUT2D eigenvalue weighted by atomic mass is 35.5. The van der Waals surface area contributed by atoms with E-state index in [0.29, 0.717) is 10.7 Å². The summed E-state index contributed by atoms with van der Waals surface area (Å²) < 4.78 is 0. The fourth-order valence-corrected chi connectivity index (χ4v) is 1.64. The van der Waals surface area contributed by atoms with Crippen LogP contribution >= 0.6 is 11.6 Å². The Kier molecular flexibility index (Phi) is 3.77. The van der Waals surface area contributed by atoms with Gasteiger partial charge in [-0.15, -0.1) is 0 Å². The van der Waals surface area contributed by atoms with Crippen molar-refractivity contribution in [3.63, 3.8) is 0 Å². The predicted octanol–water partition coefficient (Wildman–Crippen LogP) is 3.07. The summed E-state index contributed by atoms with van der Waals surface area (Å²) in [6, 6.07) is 10.3. The van der Waals surface area contributed by atoms with Crippen LogP contribution in [0.4, 0.5) is 11.4 Å². The Morgan fingerprint density at radius 2 is 2.00 bits per heavy atom. The van der Waals surface area contributed by atoms with E-state index < -0.39 is 4.92 Å². The van der Waals surface area contributed by atoms with Gasteiger partial charge in [0.1, 0.15) is 0 Å². The van der Waals surface area contributed by atoms with Gasteiger partial charge in [0.25, 0.3) is 5.69 Å². The van der Waals surface area contributed by atoms with E-state index in [0.717, 1.165) is 6.07 Å². The molecular weight excluding hydrogens is 268 g/mol. The van der Waals surface area contributed by atoms with E-state index in [1.807, 2.05) is 0 Å². The second-order valence-electron chi connectivity index (χ2n) is 3.72. The number of rotatable bonds is 3. The molecular formula is C13H8ClN2O3-. The Morgan fingerprint density at radius 3 is 2.68 bits per heavy atom. The van der Waals surface area contributed by atoms with E-state index in [4.69, 9.17) is 11.6 Å². The van der Waals surface area contributed by atoms with Crippen LogP contribution in [0.3, 0.4) is 0 Å². The number of nitro groups is 1. The molecule has 0 radical (unpaired) electrons. The summed E-state index contributed by atoms with van der Waals surface area (Å²) in [4.78, 5) is 14.1. The molecule has 2 rings (SSSR count). The zero-order chi connectivity index (χ0) is 13.8. The number of non-ortho nitro benzene ring substituents is 1. The van der Waals surface area contributed by atoms with Gasteiger partial charge in [0.15, 0.2) is 0 Å². The summed E-state index contributed by atoms with van der Waals surface area (Å²) in [6.45, 7) is 0. The number of aliphatic imine (C=N–C) groups is 1. The lowest BCUT2D eigenvalue weighted by atomic mass is 10.2. The third-order valence-electron chi connectivity index (χ3n) is 2.37. The minimum Gasteiger partial charge on any atom is -0.872 e. The van der Waals surface area contributed by atoms with Gasteiger partial charge in [-0.05, 0) is 23.8 Å². The van der Waals surface area contributed by atoms with E-state index in [1.165, 1.54) is 18.3 Å². The molecule has 0 N–H and O–H groups in total. The molecule has 19 heavy (non-hydrogen) atoms. The second-order valence-corrected chi connectivity index (χ2v) is 4.15. The van der Waals surface area contributed by atoms with Gasteiger partial charge >= 0.3 is 0 Å². The minimum absolute atomic E-state index is 0.146. The van der Waals surface area contributed by atoms with Crippen LogP contribution in [0.25, 0.3) is 0 Å². The van der Waals surface area contributed by atoms with Gasteiger partial charge in [-0.1, -0.05) is 29.5 Å². The molecule has 0 atom stereocenters. The first-order chi connectivity index (χ1) is 9.06. The van der Waals surface area contributed by atoms with E-state index in [1.54, 1.807) is 24.3 Å². The number of hydrogen-bond donors (Lipinski definition) is 0. The largest absolute Gasteiger partial charge is 0.872 e. The van der Waals surface area contributed by atoms with Crippen molar-refractivity contribution < 1.29 is 10.0 Å². The molecule has 0 heterocycles. The molecule has 2 aromatic carbocycles. The van der Waals surface area contributed by atoms with E-state index in [2.05, 4.69) is 4.99 Å². The number of benzene rings is 2. The Bertz CT molecular complexity index is 656. The van der Waals surface area contributed by atoms with Crippen LogP contribution < -0.4 is 5.11 Å². The molecule has 6 heteroatoms. The molecule has 0 aromatic heterocycles. The van der Waals surface area contributed by atoms with Crippen LogP contribution in [0.1, 0.15) is 5.56 Å². The van der Waals surface area contributed by atoms with Crippen molar-refractivity contribution in [2.45, 2.75) is 0 Å². The average molecular weight is 276 g/mol. The van der Waals surface area contributed by atoms with Gasteiger partial charge < -0.3 is 5.11 Å². The van der Waals surface area contributed by atoms with Crippen molar-refractivity contribution in [2.24, 2.45) is 4.99 Å². The van der Waals surface area contributed by atoms with Gasteiger partial charge in [0.2, 0.25) is 0 Å². The van der Waals surface area contributed by atoms with Gasteiger partial charge in [-0.25, -0.2) is 0 Å². The smallest absolute Gasteiger partial charge is 0.270 e. The molecule has 0 saturated heterocycles. The second kappa shape index (κ2) is 5.49. The van der Waals surface area contributed by atoms with Gasteiger partial charge in [0.05, 0.1) is 10.6 Å². The maximum Gasteiger partial charge on any atom is 0.270 e. The molecule has 0 saturated carbocycles. The number of hydrogen-bond acceptors (Lipinski definition) is 4. The summed E-state index contributed by atoms with van der Waals surface area (Å²) in [5, 5.41) is 22.7. The fraction of sp³-hybridized carbons (Fsp3) is 0. The standard InChI is InChI=1S/C13H9ClN2O3/c14-10-2-1-3-11(7-10)15-8-9-6-12(16(18)19)4-5-13(9)17/h1-8,17H/p-1. The van der Waals surface area contributed by atoms with Crippen LogP contribution in [0.2, 0.25) is 5.02 Å². The zero-order valence-corrected chi connectivity index (χ0v) is 10.4. The molecule has 0 unspecified atom stereocenters. The number of nitrogens with zero attached hydrogens (tertiary/aromatic N) is 2. The molecule has 5 nitrogen and oxygen atoms in total. The van der Waals surface area contributed by atoms with E-state index in [-0.39, 0.29) is 17.0 Å². The van der Waals surface area contributed by atoms with Crippen LogP contribution in [-0.2, 0) is 0 Å². The third kappa shape index (κ3) is 3.29. The highest BCUT2D eigenvalue weighted by Crippen LogP contribution is 2.21. The van der Waals surface area contributed by atoms with Crippen molar-refractivity contribution >= 4 is 29.2 Å². The fourth-order valence-electron chi connectivity index (χ4n) is 1.45. The molecule has 2 aromatic rings. The van der Waals surface area contributed by atoms with Gasteiger partial charge in [-0.3, -0.25) is 15.1 Å². The molecule has 0 spiro atoms. The highest BCUT2D eigenvalue weighted by Gasteiger charge is 2.05. The Labute approximate surface area is 113 Å². The molecule has 0 amide bonds. The van der Waals surface area contributed by atoms with Crippen molar-refractivity contribution in [2.75, 3.05) is 0 Å². The van der Waals surface area contributed by atoms with Crippen LogP contribution in [0.15, 0.2) is 47.5 Å². The van der Waals surface area contributed by atoms with Crippen molar-refractivity contribution in [1.29, 1.82) is 0 Å². The van der Waals surface area contributed by atoms with Crippen LogP contribution in [0.5, 0.6) is 5.75 Å². The summed E-state index contributed by atoms with van der Waals surface area (Å²) in [5.74, 6) is -0.323. The number of halogens is 1. The zero-order valence-electron chi connectivity index (χ0n) is 9.62. The van der Waals surface area contributed by atoms with Crippen LogP contribution in [-0.4, -0.2) is 11.1 Å². The lowest BCUT2D eigenvalue weighted by Crippen LogP contribution is -1.98. The van der Waals surface area contributed by atoms with Crippen molar-refractivity contribution in [3.05, 3.63) is 63.2 Å². The lowest BCUT2D eigenvalue weighted by molar-refractivity contribution is -0.385. The van der Waals surface area contributed by atoms with Crippen molar-refractivity contribution in [3.8, 4) is 5.75 Å². The Balaban J connectivity index is 2.32. The van der Waals surface area contributed by atoms with Crippen molar-refractivity contribution in [1.82, 2.24) is 0 Å². The van der Waals surface area contributed by atoms with E-state index in [9.17, 15) is 15.2 Å². The lowest BCUT2D eigenvalue weighted by Gasteiger charge is -2.08. The normalized spacial score (nSPS) is 10.8. The highest BCUT2D eigenvalue weighted by molar-refractivity contribution is 6.30.